The third-order valence-electron chi connectivity index (χ3n) is 4.18. The number of hydrogen-bond donors (Lipinski definition) is 1. The summed E-state index contributed by atoms with van der Waals surface area (Å²) >= 11 is 0. The van der Waals surface area contributed by atoms with Crippen LogP contribution < -0.4 is 4.74 Å². The van der Waals surface area contributed by atoms with Gasteiger partial charge in [0.2, 0.25) is 5.88 Å². The first-order chi connectivity index (χ1) is 12.4. The zero-order valence-electron chi connectivity index (χ0n) is 13.1. The van der Waals surface area contributed by atoms with Crippen molar-refractivity contribution >= 4 is 21.7 Å². The van der Waals surface area contributed by atoms with E-state index in [1.54, 1.807) is 30.5 Å². The molecule has 4 rings (SSSR count). The van der Waals surface area contributed by atoms with Crippen molar-refractivity contribution in [1.82, 2.24) is 9.13 Å². The molecule has 0 aliphatic heterocycles. The van der Waals surface area contributed by atoms with Crippen LogP contribution >= 0.6 is 0 Å². The monoisotopic (exact) mass is 364 g/mol. The number of aromatic hydroxyl groups is 1. The minimum Gasteiger partial charge on any atom is -0.494 e. The highest BCUT2D eigenvalue weighted by Gasteiger charge is 2.14. The lowest BCUT2D eigenvalue weighted by molar-refractivity contribution is -0.0497. The molecule has 4 nitrogen and oxygen atoms in total. The summed E-state index contributed by atoms with van der Waals surface area (Å²) in [5.74, 6) is -0.225. The molecular formula is C18H12F4N2O2. The van der Waals surface area contributed by atoms with Gasteiger partial charge in [0.15, 0.2) is 0 Å². The lowest BCUT2D eigenvalue weighted by atomic mass is 10.2. The SMILES string of the molecule is Oc1c2cc(OC(F)F)ccc2cn1-c1ccc2c(ccn2C(F)F)c1. The van der Waals surface area contributed by atoms with Gasteiger partial charge in [-0.25, -0.2) is 0 Å². The predicted molar refractivity (Wildman–Crippen MR) is 88.3 cm³/mol. The smallest absolute Gasteiger partial charge is 0.387 e. The van der Waals surface area contributed by atoms with Crippen LogP contribution in [0.3, 0.4) is 0 Å². The Morgan fingerprint density at radius 3 is 2.46 bits per heavy atom. The summed E-state index contributed by atoms with van der Waals surface area (Å²) in [7, 11) is 0. The Bertz CT molecular complexity index is 1100. The molecule has 0 fully saturated rings. The highest BCUT2D eigenvalue weighted by Crippen LogP contribution is 2.34. The van der Waals surface area contributed by atoms with E-state index in [4.69, 9.17) is 0 Å². The van der Waals surface area contributed by atoms with Gasteiger partial charge in [0, 0.05) is 34.2 Å². The van der Waals surface area contributed by atoms with Gasteiger partial charge in [0.1, 0.15) is 5.75 Å². The molecule has 0 bridgehead atoms. The van der Waals surface area contributed by atoms with Crippen molar-refractivity contribution < 1.29 is 27.4 Å². The minimum absolute atomic E-state index is 0.0648. The summed E-state index contributed by atoms with van der Waals surface area (Å²) < 4.78 is 57.2. The first kappa shape index (κ1) is 16.3. The number of rotatable bonds is 4. The van der Waals surface area contributed by atoms with Crippen molar-refractivity contribution in [3.05, 3.63) is 54.9 Å². The molecule has 0 atom stereocenters. The molecule has 0 amide bonds. The lowest BCUT2D eigenvalue weighted by Gasteiger charge is -2.07. The fraction of sp³-hybridized carbons (Fsp3) is 0.111. The van der Waals surface area contributed by atoms with Gasteiger partial charge in [0.05, 0.1) is 5.52 Å². The quantitative estimate of drug-likeness (QED) is 0.500. The molecular weight excluding hydrogens is 352 g/mol. The van der Waals surface area contributed by atoms with Crippen molar-refractivity contribution in [2.75, 3.05) is 0 Å². The molecule has 2 aromatic heterocycles. The van der Waals surface area contributed by atoms with Gasteiger partial charge < -0.3 is 9.84 Å². The summed E-state index contributed by atoms with van der Waals surface area (Å²) in [5.41, 5.74) is 0.919. The van der Waals surface area contributed by atoms with Crippen LogP contribution in [0.4, 0.5) is 17.6 Å². The number of halogens is 4. The Morgan fingerprint density at radius 2 is 1.73 bits per heavy atom. The first-order valence-corrected chi connectivity index (χ1v) is 7.62. The Morgan fingerprint density at radius 1 is 0.923 bits per heavy atom. The molecule has 0 saturated heterocycles. The fourth-order valence-electron chi connectivity index (χ4n) is 3.02. The molecule has 0 saturated carbocycles. The second-order valence-electron chi connectivity index (χ2n) is 5.69. The number of aromatic nitrogens is 2. The summed E-state index contributed by atoms with van der Waals surface area (Å²) in [6, 6.07) is 10.6. The Labute approximate surface area is 144 Å². The average Bonchev–Trinajstić information content (AvgIpc) is 3.15. The predicted octanol–water partition coefficient (Wildman–Crippen LogP) is 5.29. The molecule has 0 unspecified atom stereocenters. The van der Waals surface area contributed by atoms with Crippen molar-refractivity contribution in [3.63, 3.8) is 0 Å². The van der Waals surface area contributed by atoms with E-state index in [1.807, 2.05) is 0 Å². The number of alkyl halides is 4. The number of fused-ring (bicyclic) bond motifs is 2. The summed E-state index contributed by atoms with van der Waals surface area (Å²) in [6.07, 6.45) is 2.92. The van der Waals surface area contributed by atoms with Crippen LogP contribution in [0.5, 0.6) is 11.6 Å². The Balaban J connectivity index is 1.81. The molecule has 0 radical (unpaired) electrons. The van der Waals surface area contributed by atoms with Crippen molar-refractivity contribution in [2.45, 2.75) is 13.2 Å². The Kier molecular flexibility index (Phi) is 3.75. The highest BCUT2D eigenvalue weighted by molar-refractivity contribution is 5.90. The molecule has 0 aliphatic rings. The summed E-state index contributed by atoms with van der Waals surface area (Å²) in [4.78, 5) is 0. The highest BCUT2D eigenvalue weighted by atomic mass is 19.3. The van der Waals surface area contributed by atoms with Crippen LogP contribution in [-0.2, 0) is 0 Å². The molecule has 0 spiro atoms. The van der Waals surface area contributed by atoms with Gasteiger partial charge in [-0.3, -0.25) is 9.13 Å². The Hall–Kier alpha value is -3.16. The van der Waals surface area contributed by atoms with Crippen molar-refractivity contribution in [1.29, 1.82) is 0 Å². The van der Waals surface area contributed by atoms with Crippen LogP contribution in [0.1, 0.15) is 6.55 Å². The molecule has 134 valence electrons. The second-order valence-corrected chi connectivity index (χ2v) is 5.69. The minimum atomic E-state index is -2.96. The van der Waals surface area contributed by atoms with Crippen LogP contribution in [0.25, 0.3) is 27.4 Å². The third-order valence-corrected chi connectivity index (χ3v) is 4.18. The number of nitrogens with zero attached hydrogens (tertiary/aromatic N) is 2. The van der Waals surface area contributed by atoms with E-state index in [1.165, 1.54) is 29.0 Å². The maximum Gasteiger partial charge on any atom is 0.387 e. The molecule has 26 heavy (non-hydrogen) atoms. The zero-order chi connectivity index (χ0) is 18.4. The van der Waals surface area contributed by atoms with Crippen molar-refractivity contribution in [3.8, 4) is 17.3 Å². The maximum absolute atomic E-state index is 12.9. The van der Waals surface area contributed by atoms with E-state index >= 15 is 0 Å². The van der Waals surface area contributed by atoms with Gasteiger partial charge in [-0.1, -0.05) is 0 Å². The normalized spacial score (nSPS) is 11.9. The van der Waals surface area contributed by atoms with E-state index < -0.39 is 13.2 Å². The van der Waals surface area contributed by atoms with E-state index in [-0.39, 0.29) is 11.6 Å². The topological polar surface area (TPSA) is 39.3 Å². The number of benzene rings is 2. The van der Waals surface area contributed by atoms with E-state index in [9.17, 15) is 22.7 Å². The van der Waals surface area contributed by atoms with Gasteiger partial charge in [-0.15, -0.1) is 0 Å². The van der Waals surface area contributed by atoms with E-state index in [0.29, 0.717) is 27.4 Å². The lowest BCUT2D eigenvalue weighted by Crippen LogP contribution is -2.01. The molecule has 2 aromatic carbocycles. The molecule has 1 N–H and O–H groups in total. The number of ether oxygens (including phenoxy) is 1. The largest absolute Gasteiger partial charge is 0.494 e. The van der Waals surface area contributed by atoms with Crippen LogP contribution in [-0.4, -0.2) is 20.9 Å². The van der Waals surface area contributed by atoms with Gasteiger partial charge >= 0.3 is 13.2 Å². The third kappa shape index (κ3) is 2.63. The van der Waals surface area contributed by atoms with Gasteiger partial charge in [-0.2, -0.15) is 17.6 Å². The van der Waals surface area contributed by atoms with E-state index in [2.05, 4.69) is 4.74 Å². The van der Waals surface area contributed by atoms with Crippen LogP contribution in [0, 0.1) is 0 Å². The maximum atomic E-state index is 12.9. The van der Waals surface area contributed by atoms with E-state index in [0.717, 1.165) is 4.57 Å². The van der Waals surface area contributed by atoms with Crippen LogP contribution in [0.15, 0.2) is 54.9 Å². The molecule has 0 aliphatic carbocycles. The first-order valence-electron chi connectivity index (χ1n) is 7.62. The second kappa shape index (κ2) is 5.98. The molecule has 2 heterocycles. The van der Waals surface area contributed by atoms with Gasteiger partial charge in [-0.05, 0) is 42.5 Å². The average molecular weight is 364 g/mol. The number of hydrogen-bond acceptors (Lipinski definition) is 2. The fourth-order valence-corrected chi connectivity index (χ4v) is 3.02. The van der Waals surface area contributed by atoms with Gasteiger partial charge in [0.25, 0.3) is 0 Å². The molecule has 4 aromatic rings. The van der Waals surface area contributed by atoms with Crippen molar-refractivity contribution in [2.24, 2.45) is 0 Å². The molecule has 8 heteroatoms. The standard InChI is InChI=1S/C18H12F4N2O2/c19-17(20)23-6-5-10-7-12(2-4-15(10)23)24-9-11-1-3-13(26-18(21)22)8-14(11)16(24)25/h1-9,17-18,25H. The summed E-state index contributed by atoms with van der Waals surface area (Å²) in [5, 5.41) is 12.0. The summed E-state index contributed by atoms with van der Waals surface area (Å²) in [6.45, 7) is -5.60. The zero-order valence-corrected chi connectivity index (χ0v) is 13.1. The van der Waals surface area contributed by atoms with Crippen LogP contribution in [0.2, 0.25) is 0 Å².